The van der Waals surface area contributed by atoms with Crippen molar-refractivity contribution in [3.8, 4) is 0 Å². The Hall–Kier alpha value is -1.32. The first-order valence-electron chi connectivity index (χ1n) is 8.29. The first-order valence-corrected chi connectivity index (χ1v) is 8.29. The van der Waals surface area contributed by atoms with Crippen molar-refractivity contribution in [1.29, 1.82) is 0 Å². The minimum atomic E-state index is 0.674. The van der Waals surface area contributed by atoms with Crippen LogP contribution in [0, 0.1) is 0 Å². The SMILES string of the molecule is CC[C@H]1CN2CCC[C@@H]2CN1Cc1cc2ccccc2o1. The third-order valence-corrected chi connectivity index (χ3v) is 5.21. The molecule has 0 N–H and O–H groups in total. The van der Waals surface area contributed by atoms with Crippen LogP contribution >= 0.6 is 0 Å². The lowest BCUT2D eigenvalue weighted by molar-refractivity contribution is 0.0396. The number of benzene rings is 1. The number of nitrogens with zero attached hydrogens (tertiary/aromatic N) is 2. The van der Waals surface area contributed by atoms with E-state index in [4.69, 9.17) is 4.42 Å². The molecule has 1 aromatic carbocycles. The Morgan fingerprint density at radius 1 is 1.24 bits per heavy atom. The molecule has 1 aromatic heterocycles. The molecule has 0 bridgehead atoms. The van der Waals surface area contributed by atoms with E-state index < -0.39 is 0 Å². The van der Waals surface area contributed by atoms with E-state index in [9.17, 15) is 0 Å². The van der Waals surface area contributed by atoms with Crippen LogP contribution in [0.4, 0.5) is 0 Å². The molecule has 2 aliphatic heterocycles. The highest BCUT2D eigenvalue weighted by Gasteiger charge is 2.35. The van der Waals surface area contributed by atoms with Crippen molar-refractivity contribution in [3.05, 3.63) is 36.1 Å². The summed E-state index contributed by atoms with van der Waals surface area (Å²) in [6.45, 7) is 7.01. The van der Waals surface area contributed by atoms with Crippen molar-refractivity contribution in [2.24, 2.45) is 0 Å². The average molecular weight is 284 g/mol. The fraction of sp³-hybridized carbons (Fsp3) is 0.556. The topological polar surface area (TPSA) is 19.6 Å². The number of hydrogen-bond acceptors (Lipinski definition) is 3. The molecule has 0 radical (unpaired) electrons. The first-order chi connectivity index (χ1) is 10.3. The van der Waals surface area contributed by atoms with Crippen molar-refractivity contribution in [3.63, 3.8) is 0 Å². The highest BCUT2D eigenvalue weighted by molar-refractivity contribution is 5.77. The molecule has 2 aromatic rings. The Morgan fingerprint density at radius 3 is 3.00 bits per heavy atom. The summed E-state index contributed by atoms with van der Waals surface area (Å²) >= 11 is 0. The summed E-state index contributed by atoms with van der Waals surface area (Å²) in [7, 11) is 0. The molecule has 0 spiro atoms. The minimum absolute atomic E-state index is 0.674. The van der Waals surface area contributed by atoms with Crippen molar-refractivity contribution in [2.45, 2.75) is 44.8 Å². The van der Waals surface area contributed by atoms with Gasteiger partial charge in [0, 0.05) is 30.6 Å². The van der Waals surface area contributed by atoms with Crippen LogP contribution in [0.25, 0.3) is 11.0 Å². The second-order valence-corrected chi connectivity index (χ2v) is 6.53. The number of rotatable bonds is 3. The van der Waals surface area contributed by atoms with Gasteiger partial charge >= 0.3 is 0 Å². The molecule has 3 heteroatoms. The van der Waals surface area contributed by atoms with Gasteiger partial charge < -0.3 is 4.42 Å². The Morgan fingerprint density at radius 2 is 2.14 bits per heavy atom. The molecule has 21 heavy (non-hydrogen) atoms. The van der Waals surface area contributed by atoms with Gasteiger partial charge in [0.15, 0.2) is 0 Å². The number of hydrogen-bond donors (Lipinski definition) is 0. The number of para-hydroxylation sites is 1. The highest BCUT2D eigenvalue weighted by atomic mass is 16.3. The largest absolute Gasteiger partial charge is 0.460 e. The summed E-state index contributed by atoms with van der Waals surface area (Å²) in [6.07, 6.45) is 3.97. The molecule has 0 aliphatic carbocycles. The van der Waals surface area contributed by atoms with E-state index in [0.29, 0.717) is 6.04 Å². The van der Waals surface area contributed by atoms with E-state index >= 15 is 0 Å². The van der Waals surface area contributed by atoms with Crippen molar-refractivity contribution in [1.82, 2.24) is 9.80 Å². The third-order valence-electron chi connectivity index (χ3n) is 5.21. The van der Waals surface area contributed by atoms with Crippen LogP contribution in [0.15, 0.2) is 34.7 Å². The van der Waals surface area contributed by atoms with Crippen molar-refractivity contribution < 1.29 is 4.42 Å². The van der Waals surface area contributed by atoms with Crippen LogP contribution in [0.5, 0.6) is 0 Å². The maximum absolute atomic E-state index is 6.02. The molecule has 2 fully saturated rings. The van der Waals surface area contributed by atoms with E-state index in [1.807, 2.05) is 6.07 Å². The predicted octanol–water partition coefficient (Wildman–Crippen LogP) is 3.49. The lowest BCUT2D eigenvalue weighted by Gasteiger charge is -2.43. The normalized spacial score (nSPS) is 27.3. The van der Waals surface area contributed by atoms with Crippen LogP contribution in [0.3, 0.4) is 0 Å². The Balaban J connectivity index is 1.54. The van der Waals surface area contributed by atoms with Gasteiger partial charge in [0.1, 0.15) is 11.3 Å². The van der Waals surface area contributed by atoms with Crippen LogP contribution < -0.4 is 0 Å². The van der Waals surface area contributed by atoms with Gasteiger partial charge in [0.05, 0.1) is 6.54 Å². The van der Waals surface area contributed by atoms with E-state index in [2.05, 4.69) is 41.0 Å². The maximum Gasteiger partial charge on any atom is 0.134 e. The second kappa shape index (κ2) is 5.47. The lowest BCUT2D eigenvalue weighted by Crippen LogP contribution is -2.55. The van der Waals surface area contributed by atoms with Gasteiger partial charge in [-0.15, -0.1) is 0 Å². The van der Waals surface area contributed by atoms with Gasteiger partial charge in [0.2, 0.25) is 0 Å². The summed E-state index contributed by atoms with van der Waals surface area (Å²) in [5, 5.41) is 1.22. The lowest BCUT2D eigenvalue weighted by atomic mass is 10.0. The van der Waals surface area contributed by atoms with Gasteiger partial charge in [-0.2, -0.15) is 0 Å². The minimum Gasteiger partial charge on any atom is -0.460 e. The maximum atomic E-state index is 6.02. The molecule has 4 rings (SSSR count). The summed E-state index contributed by atoms with van der Waals surface area (Å²) in [6, 6.07) is 12.0. The Bertz CT molecular complexity index is 587. The van der Waals surface area contributed by atoms with Crippen molar-refractivity contribution >= 4 is 11.0 Å². The molecule has 2 saturated heterocycles. The molecule has 0 amide bonds. The molecule has 0 saturated carbocycles. The Labute approximate surface area is 126 Å². The zero-order chi connectivity index (χ0) is 14.2. The zero-order valence-corrected chi connectivity index (χ0v) is 12.8. The van der Waals surface area contributed by atoms with Gasteiger partial charge in [-0.3, -0.25) is 9.80 Å². The van der Waals surface area contributed by atoms with E-state index in [1.54, 1.807) is 0 Å². The molecule has 0 unspecified atom stereocenters. The number of fused-ring (bicyclic) bond motifs is 2. The average Bonchev–Trinajstić information content (AvgIpc) is 3.11. The summed E-state index contributed by atoms with van der Waals surface area (Å²) in [5.74, 6) is 1.11. The van der Waals surface area contributed by atoms with Gasteiger partial charge in [-0.05, 0) is 37.9 Å². The van der Waals surface area contributed by atoms with Gasteiger partial charge in [0.25, 0.3) is 0 Å². The fourth-order valence-electron chi connectivity index (χ4n) is 4.04. The van der Waals surface area contributed by atoms with E-state index in [-0.39, 0.29) is 0 Å². The molecule has 2 aliphatic rings. The summed E-state index contributed by atoms with van der Waals surface area (Å²) in [5.41, 5.74) is 1.01. The Kier molecular flexibility index (Phi) is 3.48. The van der Waals surface area contributed by atoms with Crippen molar-refractivity contribution in [2.75, 3.05) is 19.6 Å². The zero-order valence-electron chi connectivity index (χ0n) is 12.8. The van der Waals surface area contributed by atoms with Crippen LogP contribution in [-0.2, 0) is 6.54 Å². The second-order valence-electron chi connectivity index (χ2n) is 6.53. The standard InChI is InChI=1S/C18H24N2O/c1-2-15-11-19-9-5-7-16(19)12-20(15)13-17-10-14-6-3-4-8-18(14)21-17/h3-4,6,8,10,15-16H,2,5,7,9,11-13H2,1H3/t15-,16+/m0/s1. The fourth-order valence-corrected chi connectivity index (χ4v) is 4.04. The van der Waals surface area contributed by atoms with Gasteiger partial charge in [-0.1, -0.05) is 25.1 Å². The molecule has 3 nitrogen and oxygen atoms in total. The van der Waals surface area contributed by atoms with Gasteiger partial charge in [-0.25, -0.2) is 0 Å². The smallest absolute Gasteiger partial charge is 0.134 e. The molecule has 2 atom stereocenters. The predicted molar refractivity (Wildman–Crippen MR) is 85.3 cm³/mol. The first kappa shape index (κ1) is 13.4. The molecule has 3 heterocycles. The molecular formula is C18H24N2O. The quantitative estimate of drug-likeness (QED) is 0.860. The monoisotopic (exact) mass is 284 g/mol. The van der Waals surface area contributed by atoms with E-state index in [1.165, 1.54) is 44.3 Å². The van der Waals surface area contributed by atoms with E-state index in [0.717, 1.165) is 23.9 Å². The third kappa shape index (κ3) is 2.49. The molecule has 112 valence electrons. The van der Waals surface area contributed by atoms with Crippen LogP contribution in [0.1, 0.15) is 31.9 Å². The summed E-state index contributed by atoms with van der Waals surface area (Å²) < 4.78 is 6.02. The number of piperazine rings is 1. The highest BCUT2D eigenvalue weighted by Crippen LogP contribution is 2.28. The van der Waals surface area contributed by atoms with Crippen LogP contribution in [0.2, 0.25) is 0 Å². The number of furan rings is 1. The summed E-state index contributed by atoms with van der Waals surface area (Å²) in [4.78, 5) is 5.34. The molecular weight excluding hydrogens is 260 g/mol. The van der Waals surface area contributed by atoms with Crippen LogP contribution in [-0.4, -0.2) is 41.5 Å².